The van der Waals surface area contributed by atoms with Crippen LogP contribution >= 0.6 is 24.0 Å². The molecule has 29 heavy (non-hydrogen) atoms. The van der Waals surface area contributed by atoms with E-state index in [9.17, 15) is 8.78 Å². The lowest BCUT2D eigenvalue weighted by atomic mass is 10.1. The van der Waals surface area contributed by atoms with Crippen LogP contribution in [0.25, 0.3) is 0 Å². The molecule has 0 aliphatic carbocycles. The van der Waals surface area contributed by atoms with Crippen molar-refractivity contribution in [1.29, 1.82) is 0 Å². The summed E-state index contributed by atoms with van der Waals surface area (Å²) in [5.41, 5.74) is 0.636. The van der Waals surface area contributed by atoms with Gasteiger partial charge < -0.3 is 19.9 Å². The van der Waals surface area contributed by atoms with Crippen LogP contribution in [0.4, 0.5) is 8.78 Å². The van der Waals surface area contributed by atoms with Crippen molar-refractivity contribution >= 4 is 29.9 Å². The van der Waals surface area contributed by atoms with Crippen LogP contribution in [0.1, 0.15) is 37.7 Å². The van der Waals surface area contributed by atoms with Crippen molar-refractivity contribution in [2.45, 2.75) is 39.3 Å². The molecule has 2 rings (SSSR count). The molecule has 0 amide bonds. The molecule has 1 aromatic heterocycles. The van der Waals surface area contributed by atoms with E-state index < -0.39 is 11.6 Å². The van der Waals surface area contributed by atoms with Crippen LogP contribution in [0, 0.1) is 11.6 Å². The van der Waals surface area contributed by atoms with Crippen molar-refractivity contribution in [1.82, 2.24) is 25.4 Å². The van der Waals surface area contributed by atoms with Gasteiger partial charge in [0.15, 0.2) is 17.6 Å². The summed E-state index contributed by atoms with van der Waals surface area (Å²) in [5.74, 6) is -0.205. The molecule has 1 aromatic carbocycles. The fraction of sp³-hybridized carbons (Fsp3) is 0.526. The molecule has 2 N–H and O–H groups in total. The summed E-state index contributed by atoms with van der Waals surface area (Å²) >= 11 is 0. The molecule has 162 valence electrons. The summed E-state index contributed by atoms with van der Waals surface area (Å²) in [7, 11) is 1.65. The summed E-state index contributed by atoms with van der Waals surface area (Å²) in [6, 6.07) is 3.64. The Morgan fingerprint density at radius 1 is 1.31 bits per heavy atom. The third kappa shape index (κ3) is 8.21. The lowest BCUT2D eigenvalue weighted by molar-refractivity contribution is 0.197. The first-order valence-electron chi connectivity index (χ1n) is 9.40. The van der Waals surface area contributed by atoms with Crippen LogP contribution in [0.15, 0.2) is 29.5 Å². The van der Waals surface area contributed by atoms with E-state index in [0.29, 0.717) is 37.8 Å². The highest BCUT2D eigenvalue weighted by atomic mass is 127. The third-order valence-corrected chi connectivity index (χ3v) is 4.23. The van der Waals surface area contributed by atoms with Crippen molar-refractivity contribution in [3.8, 4) is 0 Å². The minimum Gasteiger partial charge on any atom is -0.385 e. The first kappa shape index (κ1) is 25.2. The average molecular weight is 522 g/mol. The molecule has 0 aliphatic rings. The second-order valence-corrected chi connectivity index (χ2v) is 6.34. The number of ether oxygens (including phenoxy) is 1. The van der Waals surface area contributed by atoms with Crippen LogP contribution in [-0.4, -0.2) is 47.5 Å². The van der Waals surface area contributed by atoms with E-state index in [4.69, 9.17) is 4.74 Å². The van der Waals surface area contributed by atoms with Crippen LogP contribution in [-0.2, 0) is 17.7 Å². The number of aromatic nitrogens is 3. The Morgan fingerprint density at radius 3 is 2.79 bits per heavy atom. The van der Waals surface area contributed by atoms with Gasteiger partial charge in [0, 0.05) is 39.8 Å². The van der Waals surface area contributed by atoms with E-state index in [1.165, 1.54) is 6.07 Å². The molecule has 1 heterocycles. The number of aryl methyl sites for hydroxylation is 1. The number of hydrogen-bond acceptors (Lipinski definition) is 4. The second kappa shape index (κ2) is 13.4. The highest BCUT2D eigenvalue weighted by molar-refractivity contribution is 14.0. The Hall–Kier alpha value is -1.82. The zero-order chi connectivity index (χ0) is 20.4. The number of halogens is 3. The van der Waals surface area contributed by atoms with E-state index in [2.05, 4.69) is 25.8 Å². The Bertz CT molecular complexity index is 771. The van der Waals surface area contributed by atoms with E-state index in [1.807, 2.05) is 18.4 Å². The first-order chi connectivity index (χ1) is 13.5. The number of hydrogen-bond donors (Lipinski definition) is 2. The maximum Gasteiger partial charge on any atom is 0.191 e. The highest BCUT2D eigenvalue weighted by Gasteiger charge is 2.11. The lowest BCUT2D eigenvalue weighted by Crippen LogP contribution is -2.40. The number of methoxy groups -OCH3 is 1. The molecule has 0 saturated carbocycles. The maximum atomic E-state index is 13.5. The van der Waals surface area contributed by atoms with Crippen LogP contribution in [0.5, 0.6) is 0 Å². The lowest BCUT2D eigenvalue weighted by Gasteiger charge is -2.19. The van der Waals surface area contributed by atoms with Crippen LogP contribution in [0.3, 0.4) is 0 Å². The summed E-state index contributed by atoms with van der Waals surface area (Å²) in [4.78, 5) is 4.53. The minimum absolute atomic E-state index is 0. The van der Waals surface area contributed by atoms with E-state index >= 15 is 0 Å². The minimum atomic E-state index is -0.864. The van der Waals surface area contributed by atoms with Crippen molar-refractivity contribution in [3.05, 3.63) is 47.5 Å². The summed E-state index contributed by atoms with van der Waals surface area (Å²) < 4.78 is 33.7. The van der Waals surface area contributed by atoms with Gasteiger partial charge in [-0.3, -0.25) is 4.99 Å². The molecule has 7 nitrogen and oxygen atoms in total. The van der Waals surface area contributed by atoms with E-state index in [0.717, 1.165) is 24.7 Å². The number of guanidine groups is 1. The summed E-state index contributed by atoms with van der Waals surface area (Å²) in [6.45, 7) is 6.41. The smallest absolute Gasteiger partial charge is 0.191 e. The molecule has 0 aliphatic heterocycles. The van der Waals surface area contributed by atoms with E-state index in [-0.39, 0.29) is 30.0 Å². The molecule has 0 saturated heterocycles. The fourth-order valence-electron chi connectivity index (χ4n) is 2.66. The molecule has 1 unspecified atom stereocenters. The van der Waals surface area contributed by atoms with Crippen LogP contribution < -0.4 is 10.6 Å². The molecule has 0 fully saturated rings. The average Bonchev–Trinajstić information content (AvgIpc) is 3.14. The van der Waals surface area contributed by atoms with Crippen molar-refractivity contribution in [3.63, 3.8) is 0 Å². The quantitative estimate of drug-likeness (QED) is 0.217. The molecule has 0 bridgehead atoms. The fourth-order valence-corrected chi connectivity index (χ4v) is 2.66. The third-order valence-electron chi connectivity index (χ3n) is 4.23. The second-order valence-electron chi connectivity index (χ2n) is 6.34. The number of benzene rings is 1. The van der Waals surface area contributed by atoms with Gasteiger partial charge in [-0.15, -0.1) is 34.2 Å². The molecule has 2 aromatic rings. The number of rotatable bonds is 10. The normalized spacial score (nSPS) is 12.4. The molecule has 0 spiro atoms. The molecule has 1 atom stereocenters. The van der Waals surface area contributed by atoms with E-state index in [1.54, 1.807) is 19.5 Å². The van der Waals surface area contributed by atoms with Crippen molar-refractivity contribution < 1.29 is 13.5 Å². The Kier molecular flexibility index (Phi) is 11.7. The van der Waals surface area contributed by atoms with Gasteiger partial charge in [0.05, 0.1) is 6.04 Å². The van der Waals surface area contributed by atoms with Gasteiger partial charge in [0.25, 0.3) is 0 Å². The Balaban J connectivity index is 0.00000420. The predicted octanol–water partition coefficient (Wildman–Crippen LogP) is 3.07. The number of nitrogens with zero attached hydrogens (tertiary/aromatic N) is 4. The zero-order valence-electron chi connectivity index (χ0n) is 17.0. The molecular weight excluding hydrogens is 493 g/mol. The van der Waals surface area contributed by atoms with Gasteiger partial charge in [-0.2, -0.15) is 0 Å². The first-order valence-corrected chi connectivity index (χ1v) is 9.40. The summed E-state index contributed by atoms with van der Waals surface area (Å²) in [6.07, 6.45) is 3.30. The highest BCUT2D eigenvalue weighted by Crippen LogP contribution is 2.15. The zero-order valence-corrected chi connectivity index (χ0v) is 19.3. The van der Waals surface area contributed by atoms with Gasteiger partial charge in [0.1, 0.15) is 12.2 Å². The standard InChI is InChI=1S/C19H28F2N6O.HI/c1-4-18-26-24-13-27(18)10-9-23-19(22-8-5-11-28-3)25-14(2)15-6-7-16(20)17(21)12-15;/h6-7,12-14H,4-5,8-11H2,1-3H3,(H2,22,23,25);1H. The SMILES string of the molecule is CCc1nncn1CCNC(=NCCCOC)NC(C)c1ccc(F)c(F)c1.I. The van der Waals surface area contributed by atoms with Gasteiger partial charge in [-0.05, 0) is 31.0 Å². The van der Waals surface area contributed by atoms with Crippen LogP contribution in [0.2, 0.25) is 0 Å². The maximum absolute atomic E-state index is 13.5. The topological polar surface area (TPSA) is 76.4 Å². The largest absolute Gasteiger partial charge is 0.385 e. The van der Waals surface area contributed by atoms with Crippen molar-refractivity contribution in [2.75, 3.05) is 26.8 Å². The molecule has 10 heteroatoms. The molecule has 0 radical (unpaired) electrons. The van der Waals surface area contributed by atoms with Gasteiger partial charge in [-0.1, -0.05) is 13.0 Å². The van der Waals surface area contributed by atoms with Crippen molar-refractivity contribution in [2.24, 2.45) is 4.99 Å². The monoisotopic (exact) mass is 522 g/mol. The predicted molar refractivity (Wildman–Crippen MR) is 120 cm³/mol. The number of aliphatic imine (C=N–C) groups is 1. The number of nitrogens with one attached hydrogen (secondary N) is 2. The van der Waals surface area contributed by atoms with Gasteiger partial charge in [-0.25, -0.2) is 8.78 Å². The summed E-state index contributed by atoms with van der Waals surface area (Å²) in [5, 5.41) is 14.5. The Labute approximate surface area is 187 Å². The van der Waals surface area contributed by atoms with Gasteiger partial charge >= 0.3 is 0 Å². The van der Waals surface area contributed by atoms with Gasteiger partial charge in [0.2, 0.25) is 0 Å². The molecular formula is C19H29F2IN6O. The Morgan fingerprint density at radius 2 is 2.10 bits per heavy atom.